The molecule has 0 aliphatic carbocycles. The molecular weight excluding hydrogens is 436 g/mol. The minimum absolute atomic E-state index is 0.0237. The number of hydrogen-bond acceptors (Lipinski definition) is 5. The zero-order valence-electron chi connectivity index (χ0n) is 16.9. The molecule has 0 N–H and O–H groups in total. The molecule has 29 heavy (non-hydrogen) atoms. The van der Waals surface area contributed by atoms with Crippen LogP contribution in [0.5, 0.6) is 17.2 Å². The molecule has 0 aromatic heterocycles. The van der Waals surface area contributed by atoms with Gasteiger partial charge in [0.05, 0.1) is 13.7 Å². The van der Waals surface area contributed by atoms with Crippen molar-refractivity contribution in [3.05, 3.63) is 52.5 Å². The van der Waals surface area contributed by atoms with Crippen molar-refractivity contribution < 1.29 is 19.0 Å². The molecule has 1 aliphatic rings. The van der Waals surface area contributed by atoms with Crippen LogP contribution < -0.4 is 14.2 Å². The second-order valence-corrected chi connectivity index (χ2v) is 7.73. The number of methoxy groups -OCH3 is 1. The van der Waals surface area contributed by atoms with E-state index in [0.29, 0.717) is 25.4 Å². The van der Waals surface area contributed by atoms with Gasteiger partial charge in [-0.15, -0.1) is 0 Å². The lowest BCUT2D eigenvalue weighted by molar-refractivity contribution is -0.135. The van der Waals surface area contributed by atoms with Gasteiger partial charge in [-0.25, -0.2) is 0 Å². The van der Waals surface area contributed by atoms with Gasteiger partial charge in [0.2, 0.25) is 0 Å². The van der Waals surface area contributed by atoms with Gasteiger partial charge in [0.15, 0.2) is 18.1 Å². The van der Waals surface area contributed by atoms with E-state index in [2.05, 4.69) is 26.9 Å². The molecule has 0 spiro atoms. The van der Waals surface area contributed by atoms with Crippen LogP contribution >= 0.6 is 15.9 Å². The smallest absolute Gasteiger partial charge is 0.260 e. The number of nitrogens with zero attached hydrogens (tertiary/aromatic N) is 2. The molecule has 0 radical (unpaired) electrons. The van der Waals surface area contributed by atoms with E-state index in [0.717, 1.165) is 35.6 Å². The second-order valence-electron chi connectivity index (χ2n) is 6.82. The predicted molar refractivity (Wildman–Crippen MR) is 116 cm³/mol. The zero-order valence-corrected chi connectivity index (χ0v) is 18.5. The van der Waals surface area contributed by atoms with E-state index in [1.54, 1.807) is 7.11 Å². The van der Waals surface area contributed by atoms with Gasteiger partial charge in [-0.3, -0.25) is 9.69 Å². The largest absolute Gasteiger partial charge is 0.493 e. The SMILES string of the molecule is CCOc1cc(CN2CCN(C(=O)COc3ccc(Br)cc3)CC2)ccc1OC. The third-order valence-electron chi connectivity index (χ3n) is 4.84. The summed E-state index contributed by atoms with van der Waals surface area (Å²) >= 11 is 3.39. The van der Waals surface area contributed by atoms with Crippen molar-refractivity contribution in [2.75, 3.05) is 46.5 Å². The maximum atomic E-state index is 12.4. The third kappa shape index (κ3) is 6.11. The zero-order chi connectivity index (χ0) is 20.6. The number of ether oxygens (including phenoxy) is 3. The molecule has 6 nitrogen and oxygen atoms in total. The summed E-state index contributed by atoms with van der Waals surface area (Å²) in [6.45, 7) is 6.53. The van der Waals surface area contributed by atoms with Gasteiger partial charge in [0, 0.05) is 37.2 Å². The van der Waals surface area contributed by atoms with Crippen molar-refractivity contribution in [3.8, 4) is 17.2 Å². The molecule has 1 amide bonds. The van der Waals surface area contributed by atoms with Crippen molar-refractivity contribution in [1.82, 2.24) is 9.80 Å². The first-order valence-electron chi connectivity index (χ1n) is 9.77. The molecule has 2 aromatic rings. The molecule has 0 saturated carbocycles. The van der Waals surface area contributed by atoms with Crippen molar-refractivity contribution in [1.29, 1.82) is 0 Å². The summed E-state index contributed by atoms with van der Waals surface area (Å²) in [5.74, 6) is 2.24. The quantitative estimate of drug-likeness (QED) is 0.599. The molecule has 3 rings (SSSR count). The number of carbonyl (C=O) groups excluding carboxylic acids is 1. The highest BCUT2D eigenvalue weighted by molar-refractivity contribution is 9.10. The highest BCUT2D eigenvalue weighted by Crippen LogP contribution is 2.28. The van der Waals surface area contributed by atoms with Gasteiger partial charge in [-0.2, -0.15) is 0 Å². The van der Waals surface area contributed by atoms with Crippen molar-refractivity contribution in [3.63, 3.8) is 0 Å². The number of carbonyl (C=O) groups is 1. The number of benzene rings is 2. The highest BCUT2D eigenvalue weighted by Gasteiger charge is 2.21. The van der Waals surface area contributed by atoms with E-state index in [-0.39, 0.29) is 12.5 Å². The maximum absolute atomic E-state index is 12.4. The first kappa shape index (κ1) is 21.5. The van der Waals surface area contributed by atoms with Crippen LogP contribution in [0.3, 0.4) is 0 Å². The molecule has 0 unspecified atom stereocenters. The topological polar surface area (TPSA) is 51.2 Å². The molecular formula is C22H27BrN2O4. The monoisotopic (exact) mass is 462 g/mol. The second kappa shape index (κ2) is 10.5. The van der Waals surface area contributed by atoms with Crippen LogP contribution in [0.1, 0.15) is 12.5 Å². The van der Waals surface area contributed by atoms with Crippen molar-refractivity contribution >= 4 is 21.8 Å². The van der Waals surface area contributed by atoms with Gasteiger partial charge in [-0.05, 0) is 48.9 Å². The van der Waals surface area contributed by atoms with Crippen molar-refractivity contribution in [2.24, 2.45) is 0 Å². The molecule has 2 aromatic carbocycles. The summed E-state index contributed by atoms with van der Waals surface area (Å²) in [5.41, 5.74) is 1.17. The van der Waals surface area contributed by atoms with Gasteiger partial charge in [0.1, 0.15) is 5.75 Å². The van der Waals surface area contributed by atoms with E-state index in [1.807, 2.05) is 48.2 Å². The molecule has 1 heterocycles. The summed E-state index contributed by atoms with van der Waals surface area (Å²) in [5, 5.41) is 0. The Morgan fingerprint density at radius 2 is 1.72 bits per heavy atom. The Bertz CT molecular complexity index is 805. The third-order valence-corrected chi connectivity index (χ3v) is 5.36. The summed E-state index contributed by atoms with van der Waals surface area (Å²) in [6, 6.07) is 13.5. The molecule has 0 atom stereocenters. The maximum Gasteiger partial charge on any atom is 0.260 e. The predicted octanol–water partition coefficient (Wildman–Crippen LogP) is 3.58. The van der Waals surface area contributed by atoms with E-state index < -0.39 is 0 Å². The van der Waals surface area contributed by atoms with Gasteiger partial charge in [-0.1, -0.05) is 22.0 Å². The van der Waals surface area contributed by atoms with Crippen LogP contribution in [0.2, 0.25) is 0 Å². The average molecular weight is 463 g/mol. The minimum Gasteiger partial charge on any atom is -0.493 e. The number of rotatable bonds is 8. The Labute approximate surface area is 180 Å². The first-order valence-corrected chi connectivity index (χ1v) is 10.6. The lowest BCUT2D eigenvalue weighted by Gasteiger charge is -2.34. The number of hydrogen-bond donors (Lipinski definition) is 0. The average Bonchev–Trinajstić information content (AvgIpc) is 2.74. The Balaban J connectivity index is 1.47. The van der Waals surface area contributed by atoms with E-state index in [4.69, 9.17) is 14.2 Å². The molecule has 1 aliphatic heterocycles. The van der Waals surface area contributed by atoms with E-state index >= 15 is 0 Å². The number of piperazine rings is 1. The fraction of sp³-hybridized carbons (Fsp3) is 0.409. The first-order chi connectivity index (χ1) is 14.1. The number of amides is 1. The van der Waals surface area contributed by atoms with Crippen LogP contribution in [0.15, 0.2) is 46.9 Å². The molecule has 1 saturated heterocycles. The Hall–Kier alpha value is -2.25. The van der Waals surface area contributed by atoms with Gasteiger partial charge >= 0.3 is 0 Å². The number of halogens is 1. The Morgan fingerprint density at radius 1 is 1.00 bits per heavy atom. The molecule has 1 fully saturated rings. The van der Waals surface area contributed by atoms with Crippen LogP contribution in [0.25, 0.3) is 0 Å². The normalized spacial score (nSPS) is 14.5. The summed E-state index contributed by atoms with van der Waals surface area (Å²) in [7, 11) is 1.65. The summed E-state index contributed by atoms with van der Waals surface area (Å²) in [4.78, 5) is 16.6. The van der Waals surface area contributed by atoms with Crippen LogP contribution in [0.4, 0.5) is 0 Å². The standard InChI is InChI=1S/C22H27BrN2O4/c1-3-28-21-14-17(4-9-20(21)27-2)15-24-10-12-25(13-11-24)22(26)16-29-19-7-5-18(23)6-8-19/h4-9,14H,3,10-13,15-16H2,1-2H3. The Kier molecular flexibility index (Phi) is 7.77. The van der Waals surface area contributed by atoms with Crippen molar-refractivity contribution in [2.45, 2.75) is 13.5 Å². The summed E-state index contributed by atoms with van der Waals surface area (Å²) < 4.78 is 17.6. The van der Waals surface area contributed by atoms with Gasteiger partial charge < -0.3 is 19.1 Å². The van der Waals surface area contributed by atoms with E-state index in [1.165, 1.54) is 5.56 Å². The fourth-order valence-corrected chi connectivity index (χ4v) is 3.53. The van der Waals surface area contributed by atoms with Gasteiger partial charge in [0.25, 0.3) is 5.91 Å². The summed E-state index contributed by atoms with van der Waals surface area (Å²) in [6.07, 6.45) is 0. The van der Waals surface area contributed by atoms with Crippen LogP contribution in [0, 0.1) is 0 Å². The minimum atomic E-state index is 0.0237. The molecule has 7 heteroatoms. The highest BCUT2D eigenvalue weighted by atomic mass is 79.9. The Morgan fingerprint density at radius 3 is 2.38 bits per heavy atom. The van der Waals surface area contributed by atoms with E-state index in [9.17, 15) is 4.79 Å². The van der Waals surface area contributed by atoms with Crippen LogP contribution in [-0.2, 0) is 11.3 Å². The molecule has 156 valence electrons. The lowest BCUT2D eigenvalue weighted by Crippen LogP contribution is -2.49. The lowest BCUT2D eigenvalue weighted by atomic mass is 10.1. The van der Waals surface area contributed by atoms with Crippen LogP contribution in [-0.4, -0.2) is 62.2 Å². The molecule has 0 bridgehead atoms. The fourth-order valence-electron chi connectivity index (χ4n) is 3.27.